The van der Waals surface area contributed by atoms with Crippen LogP contribution in [0.2, 0.25) is 0 Å². The van der Waals surface area contributed by atoms with E-state index < -0.39 is 17.3 Å². The third-order valence-electron chi connectivity index (χ3n) is 1.78. The van der Waals surface area contributed by atoms with Crippen LogP contribution >= 0.6 is 25.0 Å². The molecule has 0 spiro atoms. The first-order valence-corrected chi connectivity index (χ1v) is 4.36. The molecule has 0 saturated carbocycles. The Morgan fingerprint density at radius 3 is 2.29 bits per heavy atom. The van der Waals surface area contributed by atoms with Crippen LogP contribution in [-0.4, -0.2) is 16.3 Å². The molecule has 0 saturated heterocycles. The van der Waals surface area contributed by atoms with Crippen LogP contribution in [0.15, 0.2) is 30.3 Å². The van der Waals surface area contributed by atoms with Crippen molar-refractivity contribution in [1.82, 2.24) is 0 Å². The third-order valence-corrected chi connectivity index (χ3v) is 2.32. The maximum Gasteiger partial charge on any atom is 0.318 e. The minimum Gasteiger partial charge on any atom is -0.480 e. The number of nitrogens with two attached hydrogens (primary N) is 1. The van der Waals surface area contributed by atoms with Gasteiger partial charge in [0.25, 0.3) is 0 Å². The molecular formula is C9H12ClNO2S. The van der Waals surface area contributed by atoms with Gasteiger partial charge in [0.2, 0.25) is 0 Å². The molecule has 0 bridgehead atoms. The fraction of sp³-hybridized carbons (Fsp3) is 0.222. The van der Waals surface area contributed by atoms with Crippen LogP contribution in [0.4, 0.5) is 0 Å². The standard InChI is InChI=1S/C9H11NO2S.ClH/c10-7(8(13)9(11)12)6-4-2-1-3-5-6;/h1-5,7-8,13H,10H2,(H,11,12);1H/t7-,8?;/m0./s1. The van der Waals surface area contributed by atoms with Crippen LogP contribution in [-0.2, 0) is 4.79 Å². The Kier molecular flexibility index (Phi) is 5.60. The summed E-state index contributed by atoms with van der Waals surface area (Å²) in [6.45, 7) is 0. The quantitative estimate of drug-likeness (QED) is 0.694. The molecule has 1 aromatic rings. The van der Waals surface area contributed by atoms with E-state index in [2.05, 4.69) is 12.6 Å². The van der Waals surface area contributed by atoms with E-state index in [-0.39, 0.29) is 12.4 Å². The zero-order valence-electron chi connectivity index (χ0n) is 7.33. The average Bonchev–Trinajstić information content (AvgIpc) is 2.17. The lowest BCUT2D eigenvalue weighted by Gasteiger charge is -2.15. The average molecular weight is 234 g/mol. The van der Waals surface area contributed by atoms with Crippen molar-refractivity contribution in [3.8, 4) is 0 Å². The van der Waals surface area contributed by atoms with Gasteiger partial charge in [-0.25, -0.2) is 0 Å². The first-order chi connectivity index (χ1) is 6.13. The molecule has 0 heterocycles. The number of hydrogen-bond donors (Lipinski definition) is 3. The van der Waals surface area contributed by atoms with Gasteiger partial charge in [-0.2, -0.15) is 12.6 Å². The number of aliphatic carboxylic acids is 1. The van der Waals surface area contributed by atoms with Crippen molar-refractivity contribution in [2.24, 2.45) is 5.73 Å². The minimum atomic E-state index is -1.00. The fourth-order valence-corrected chi connectivity index (χ4v) is 1.18. The van der Waals surface area contributed by atoms with Crippen molar-refractivity contribution in [2.75, 3.05) is 0 Å². The summed E-state index contributed by atoms with van der Waals surface area (Å²) >= 11 is 3.91. The molecule has 2 atom stereocenters. The van der Waals surface area contributed by atoms with E-state index >= 15 is 0 Å². The lowest BCUT2D eigenvalue weighted by atomic mass is 10.0. The highest BCUT2D eigenvalue weighted by molar-refractivity contribution is 7.81. The summed E-state index contributed by atoms with van der Waals surface area (Å²) in [6, 6.07) is 8.50. The number of halogens is 1. The lowest BCUT2D eigenvalue weighted by molar-refractivity contribution is -0.136. The molecule has 0 aliphatic carbocycles. The maximum absolute atomic E-state index is 10.6. The van der Waals surface area contributed by atoms with Gasteiger partial charge >= 0.3 is 5.97 Å². The molecular weight excluding hydrogens is 222 g/mol. The molecule has 1 unspecified atom stereocenters. The van der Waals surface area contributed by atoms with Gasteiger partial charge in [-0.05, 0) is 5.56 Å². The van der Waals surface area contributed by atoms with Crippen molar-refractivity contribution in [1.29, 1.82) is 0 Å². The fourth-order valence-electron chi connectivity index (χ4n) is 1.01. The summed E-state index contributed by atoms with van der Waals surface area (Å²) in [6.07, 6.45) is 0. The first kappa shape index (κ1) is 13.3. The topological polar surface area (TPSA) is 63.3 Å². The molecule has 14 heavy (non-hydrogen) atoms. The molecule has 5 heteroatoms. The van der Waals surface area contributed by atoms with Gasteiger partial charge in [-0.3, -0.25) is 4.79 Å². The monoisotopic (exact) mass is 233 g/mol. The first-order valence-electron chi connectivity index (χ1n) is 3.84. The van der Waals surface area contributed by atoms with Gasteiger partial charge in [-0.15, -0.1) is 12.4 Å². The second-order valence-electron chi connectivity index (χ2n) is 2.72. The zero-order valence-corrected chi connectivity index (χ0v) is 9.04. The zero-order chi connectivity index (χ0) is 9.84. The lowest BCUT2D eigenvalue weighted by Crippen LogP contribution is -2.28. The van der Waals surface area contributed by atoms with Crippen LogP contribution in [0.5, 0.6) is 0 Å². The summed E-state index contributed by atoms with van der Waals surface area (Å²) in [5.41, 5.74) is 6.46. The van der Waals surface area contributed by atoms with Crippen LogP contribution in [0.1, 0.15) is 11.6 Å². The molecule has 0 aliphatic heterocycles. The minimum absolute atomic E-state index is 0. The number of carboxylic acid groups (broad SMARTS) is 1. The van der Waals surface area contributed by atoms with Crippen LogP contribution in [0.25, 0.3) is 0 Å². The molecule has 1 rings (SSSR count). The molecule has 1 aromatic carbocycles. The molecule has 0 amide bonds. The van der Waals surface area contributed by atoms with Gasteiger partial charge in [0, 0.05) is 0 Å². The second kappa shape index (κ2) is 5.90. The third kappa shape index (κ3) is 3.21. The number of benzene rings is 1. The van der Waals surface area contributed by atoms with E-state index in [0.717, 1.165) is 5.56 Å². The molecule has 0 fully saturated rings. The molecule has 3 nitrogen and oxygen atoms in total. The van der Waals surface area contributed by atoms with E-state index in [1.807, 2.05) is 18.2 Å². The largest absolute Gasteiger partial charge is 0.480 e. The van der Waals surface area contributed by atoms with E-state index in [4.69, 9.17) is 10.8 Å². The number of hydrogen-bond acceptors (Lipinski definition) is 3. The van der Waals surface area contributed by atoms with Gasteiger partial charge in [0.1, 0.15) is 5.25 Å². The highest BCUT2D eigenvalue weighted by atomic mass is 35.5. The van der Waals surface area contributed by atoms with E-state index in [1.54, 1.807) is 12.1 Å². The molecule has 3 N–H and O–H groups in total. The van der Waals surface area contributed by atoms with Crippen molar-refractivity contribution in [3.05, 3.63) is 35.9 Å². The van der Waals surface area contributed by atoms with E-state index in [9.17, 15) is 4.79 Å². The number of carboxylic acids is 1. The predicted octanol–water partition coefficient (Wildman–Crippen LogP) is 1.49. The summed E-state index contributed by atoms with van der Waals surface area (Å²) in [5.74, 6) is -1.00. The van der Waals surface area contributed by atoms with Crippen LogP contribution in [0, 0.1) is 0 Å². The molecule has 78 valence electrons. The highest BCUT2D eigenvalue weighted by Crippen LogP contribution is 2.17. The Hall–Kier alpha value is -0.710. The molecule has 0 aliphatic rings. The Morgan fingerprint density at radius 1 is 1.36 bits per heavy atom. The van der Waals surface area contributed by atoms with Crippen molar-refractivity contribution in [3.63, 3.8) is 0 Å². The Balaban J connectivity index is 0.00000169. The summed E-state index contributed by atoms with van der Waals surface area (Å²) in [5, 5.41) is 7.80. The number of thiol groups is 1. The van der Waals surface area contributed by atoms with Gasteiger partial charge in [0.15, 0.2) is 0 Å². The van der Waals surface area contributed by atoms with E-state index in [0.29, 0.717) is 0 Å². The Bertz CT molecular complexity index is 294. The van der Waals surface area contributed by atoms with Crippen LogP contribution in [0.3, 0.4) is 0 Å². The normalized spacial score (nSPS) is 13.9. The van der Waals surface area contributed by atoms with Gasteiger partial charge in [0.05, 0.1) is 6.04 Å². The van der Waals surface area contributed by atoms with Crippen molar-refractivity contribution in [2.45, 2.75) is 11.3 Å². The molecule has 0 aromatic heterocycles. The molecule has 0 radical (unpaired) electrons. The van der Waals surface area contributed by atoms with Gasteiger partial charge < -0.3 is 10.8 Å². The summed E-state index contributed by atoms with van der Waals surface area (Å²) < 4.78 is 0. The van der Waals surface area contributed by atoms with Crippen LogP contribution < -0.4 is 5.73 Å². The summed E-state index contributed by atoms with van der Waals surface area (Å²) in [4.78, 5) is 10.6. The van der Waals surface area contributed by atoms with Gasteiger partial charge in [-0.1, -0.05) is 30.3 Å². The SMILES string of the molecule is Cl.N[C@@H](c1ccccc1)C(S)C(=O)O. The van der Waals surface area contributed by atoms with Crippen molar-refractivity contribution >= 4 is 31.0 Å². The summed E-state index contributed by atoms with van der Waals surface area (Å²) in [7, 11) is 0. The smallest absolute Gasteiger partial charge is 0.318 e. The number of rotatable bonds is 3. The highest BCUT2D eigenvalue weighted by Gasteiger charge is 2.21. The Labute approximate surface area is 94.1 Å². The Morgan fingerprint density at radius 2 is 1.86 bits per heavy atom. The predicted molar refractivity (Wildman–Crippen MR) is 61.0 cm³/mol. The number of carbonyl (C=O) groups is 1. The second-order valence-corrected chi connectivity index (χ2v) is 3.28. The maximum atomic E-state index is 10.6. The van der Waals surface area contributed by atoms with E-state index in [1.165, 1.54) is 0 Å². The van der Waals surface area contributed by atoms with Crippen molar-refractivity contribution < 1.29 is 9.90 Å².